The first kappa shape index (κ1) is 30.6. The number of imidazole rings is 1. The molecule has 3 heterocycles. The first-order chi connectivity index (χ1) is 18.5. The van der Waals surface area contributed by atoms with E-state index in [2.05, 4.69) is 39.5 Å². The van der Waals surface area contributed by atoms with E-state index in [0.717, 1.165) is 0 Å². The van der Waals surface area contributed by atoms with Gasteiger partial charge in [-0.3, -0.25) is 9.09 Å². The highest BCUT2D eigenvalue weighted by Gasteiger charge is 2.44. The molecule has 0 aliphatic carbocycles. The smallest absolute Gasteiger partial charge is 0.456 e. The summed E-state index contributed by atoms with van der Waals surface area (Å²) in [4.78, 5) is 61.6. The minimum Gasteiger partial charge on any atom is -0.456 e. The molecule has 1 saturated heterocycles. The quantitative estimate of drug-likeness (QED) is 0.100. The molecule has 1 aromatic carbocycles. The minimum atomic E-state index is -5.75. The number of halogens is 1. The molecule has 2 aromatic heterocycles. The van der Waals surface area contributed by atoms with Crippen LogP contribution in [0.2, 0.25) is 0 Å². The van der Waals surface area contributed by atoms with Gasteiger partial charge < -0.3 is 40.5 Å². The number of nitrogens with two attached hydrogens (primary N) is 2. The number of anilines is 2. The Bertz CT molecular complexity index is 1580. The number of carbonyl (C=O) groups is 1. The summed E-state index contributed by atoms with van der Waals surface area (Å²) < 4.78 is 60.2. The molecule has 0 saturated carbocycles. The van der Waals surface area contributed by atoms with Gasteiger partial charge in [0.25, 0.3) is 0 Å². The van der Waals surface area contributed by atoms with E-state index < -0.39 is 54.5 Å². The van der Waals surface area contributed by atoms with E-state index in [0.29, 0.717) is 4.47 Å². The van der Waals surface area contributed by atoms with Crippen molar-refractivity contribution in [2.24, 2.45) is 0 Å². The lowest BCUT2D eigenvalue weighted by Gasteiger charge is -2.21. The molecule has 5 unspecified atom stereocenters. The van der Waals surface area contributed by atoms with Crippen LogP contribution in [-0.4, -0.2) is 63.9 Å². The van der Waals surface area contributed by atoms with Crippen molar-refractivity contribution in [1.29, 1.82) is 0 Å². The Hall–Kier alpha value is -2.31. The zero-order valence-corrected chi connectivity index (χ0v) is 23.9. The van der Waals surface area contributed by atoms with Crippen LogP contribution in [0.15, 0.2) is 35.3 Å². The van der Waals surface area contributed by atoms with E-state index >= 15 is 0 Å². The maximum absolute atomic E-state index is 12.9. The fourth-order valence-corrected chi connectivity index (χ4v) is 6.99. The second kappa shape index (κ2) is 11.5. The van der Waals surface area contributed by atoms with Crippen LogP contribution < -0.4 is 11.5 Å². The van der Waals surface area contributed by atoms with Gasteiger partial charge in [-0.05, 0) is 18.2 Å². The number of nitrogens with zero attached hydrogens (tertiary/aromatic N) is 4. The van der Waals surface area contributed by atoms with Crippen LogP contribution in [0.5, 0.6) is 0 Å². The molecule has 23 heteroatoms. The van der Waals surface area contributed by atoms with Crippen molar-refractivity contribution in [2.75, 3.05) is 18.1 Å². The molecule has 3 aromatic rings. The number of phosphoric ester groups is 1. The molecule has 0 bridgehead atoms. The fourth-order valence-electron chi connectivity index (χ4n) is 3.60. The number of carbonyl (C=O) groups excluding carboxylic acids is 1. The molecular weight excluding hydrogens is 669 g/mol. The lowest BCUT2D eigenvalue weighted by Crippen LogP contribution is -2.31. The van der Waals surface area contributed by atoms with Gasteiger partial charge in [-0.15, -0.1) is 0 Å². The maximum Gasteiger partial charge on any atom is 0.490 e. The standard InChI is InChI=1S/C17H20BrN6O13P3/c18-8-1-2-10(19)9(3-8)17(25)35-11-4-13(24-7-23-14-15(20)21-6-22-16(14)24)34-12(11)5-33-39(29,30)37-40(31,32)36-38(26,27)28/h1-3,6-7,11-13H,4-5,19H2,(H,29,30)(H,31,32)(H2,20,21,22)(H2,26,27,28). The van der Waals surface area contributed by atoms with E-state index in [-0.39, 0.29) is 34.7 Å². The molecule has 218 valence electrons. The third-order valence-electron chi connectivity index (χ3n) is 5.19. The average molecular weight is 689 g/mol. The lowest BCUT2D eigenvalue weighted by atomic mass is 10.1. The number of esters is 1. The first-order valence-electron chi connectivity index (χ1n) is 10.7. The highest BCUT2D eigenvalue weighted by molar-refractivity contribution is 9.10. The van der Waals surface area contributed by atoms with Crippen LogP contribution in [0.4, 0.5) is 11.5 Å². The van der Waals surface area contributed by atoms with Gasteiger partial charge in [-0.1, -0.05) is 15.9 Å². The van der Waals surface area contributed by atoms with E-state index in [1.807, 2.05) is 0 Å². The summed E-state index contributed by atoms with van der Waals surface area (Å²) in [6, 6.07) is 4.47. The highest BCUT2D eigenvalue weighted by Crippen LogP contribution is 2.66. The third-order valence-corrected chi connectivity index (χ3v) is 9.49. The van der Waals surface area contributed by atoms with E-state index in [4.69, 9.17) is 35.3 Å². The van der Waals surface area contributed by atoms with Gasteiger partial charge in [-0.2, -0.15) is 8.62 Å². The molecule has 40 heavy (non-hydrogen) atoms. The van der Waals surface area contributed by atoms with Crippen LogP contribution in [0.25, 0.3) is 11.2 Å². The SMILES string of the molecule is Nc1ccc(Br)cc1C(=O)OC1CC(n2cnc3c(N)ncnc32)OC1COP(=O)(O)OP(=O)(O)OP(=O)(O)O. The first-order valence-corrected chi connectivity index (χ1v) is 16.0. The number of benzene rings is 1. The van der Waals surface area contributed by atoms with Gasteiger partial charge in [0.15, 0.2) is 11.5 Å². The second-order valence-corrected chi connectivity index (χ2v) is 13.3. The van der Waals surface area contributed by atoms with Crippen LogP contribution in [0.1, 0.15) is 23.0 Å². The van der Waals surface area contributed by atoms with Crippen molar-refractivity contribution in [2.45, 2.75) is 24.9 Å². The number of hydrogen-bond acceptors (Lipinski definition) is 14. The second-order valence-electron chi connectivity index (χ2n) is 8.01. The molecule has 0 amide bonds. The summed E-state index contributed by atoms with van der Waals surface area (Å²) >= 11 is 3.23. The van der Waals surface area contributed by atoms with E-state index in [9.17, 15) is 28.3 Å². The van der Waals surface area contributed by atoms with Gasteiger partial charge in [0, 0.05) is 16.6 Å². The topological polar surface area (TPSA) is 291 Å². The van der Waals surface area contributed by atoms with Gasteiger partial charge in [0.05, 0.1) is 18.5 Å². The third kappa shape index (κ3) is 7.50. The number of nitrogen functional groups attached to an aromatic ring is 2. The molecule has 8 N–H and O–H groups in total. The molecule has 1 aliphatic rings. The number of fused-ring (bicyclic) bond motifs is 1. The van der Waals surface area contributed by atoms with Crippen molar-refractivity contribution < 1.29 is 60.7 Å². The van der Waals surface area contributed by atoms with E-state index in [1.54, 1.807) is 6.07 Å². The summed E-state index contributed by atoms with van der Waals surface area (Å²) in [6.45, 7) is -0.879. The summed E-state index contributed by atoms with van der Waals surface area (Å²) in [5.74, 6) is -0.794. The molecule has 0 spiro atoms. The molecular formula is C17H20BrN6O13P3. The molecule has 0 radical (unpaired) electrons. The number of aromatic nitrogens is 4. The number of hydrogen-bond donors (Lipinski definition) is 6. The summed E-state index contributed by atoms with van der Waals surface area (Å²) in [6.07, 6.45) is -0.962. The monoisotopic (exact) mass is 688 g/mol. The average Bonchev–Trinajstić information content (AvgIpc) is 3.41. The maximum atomic E-state index is 12.9. The van der Waals surface area contributed by atoms with Gasteiger partial charge >= 0.3 is 29.4 Å². The zero-order valence-electron chi connectivity index (χ0n) is 19.7. The largest absolute Gasteiger partial charge is 0.490 e. The van der Waals surface area contributed by atoms with Crippen LogP contribution in [0.3, 0.4) is 0 Å². The van der Waals surface area contributed by atoms with Crippen molar-refractivity contribution in [3.8, 4) is 0 Å². The molecule has 4 rings (SSSR count). The Morgan fingerprint density at radius 1 is 1.10 bits per heavy atom. The molecule has 1 fully saturated rings. The predicted octanol–water partition coefficient (Wildman–Crippen LogP) is 1.61. The van der Waals surface area contributed by atoms with Gasteiger partial charge in [0.1, 0.15) is 30.3 Å². The summed E-state index contributed by atoms with van der Waals surface area (Å²) in [7, 11) is -16.8. The number of phosphoric acid groups is 3. The Kier molecular flexibility index (Phi) is 8.83. The Balaban J connectivity index is 1.56. The van der Waals surface area contributed by atoms with Crippen LogP contribution in [-0.2, 0) is 36.3 Å². The summed E-state index contributed by atoms with van der Waals surface area (Å²) in [5.41, 5.74) is 12.3. The Morgan fingerprint density at radius 3 is 2.52 bits per heavy atom. The Morgan fingerprint density at radius 2 is 1.82 bits per heavy atom. The van der Waals surface area contributed by atoms with Crippen molar-refractivity contribution in [1.82, 2.24) is 19.5 Å². The normalized spacial score (nSPS) is 22.6. The highest BCUT2D eigenvalue weighted by atomic mass is 79.9. The minimum absolute atomic E-state index is 0.00180. The van der Waals surface area contributed by atoms with Crippen LogP contribution >= 0.6 is 39.4 Å². The number of ether oxygens (including phenoxy) is 2. The van der Waals surface area contributed by atoms with Crippen LogP contribution in [0, 0.1) is 0 Å². The molecule has 5 atom stereocenters. The molecule has 1 aliphatic heterocycles. The van der Waals surface area contributed by atoms with Crippen molar-refractivity contribution >= 4 is 68.0 Å². The summed E-state index contributed by atoms with van der Waals surface area (Å²) in [5, 5.41) is 0. The van der Waals surface area contributed by atoms with Gasteiger partial charge in [-0.25, -0.2) is 33.4 Å². The van der Waals surface area contributed by atoms with E-state index in [1.165, 1.54) is 29.4 Å². The van der Waals surface area contributed by atoms with Crippen molar-refractivity contribution in [3.63, 3.8) is 0 Å². The van der Waals surface area contributed by atoms with Gasteiger partial charge in [0.2, 0.25) is 0 Å². The fraction of sp³-hybridized carbons (Fsp3) is 0.294. The zero-order chi connectivity index (χ0) is 29.5. The lowest BCUT2D eigenvalue weighted by molar-refractivity contribution is -0.0489. The predicted molar refractivity (Wildman–Crippen MR) is 136 cm³/mol. The van der Waals surface area contributed by atoms with Crippen molar-refractivity contribution in [3.05, 3.63) is 40.9 Å². The Labute approximate surface area is 232 Å². The molecule has 19 nitrogen and oxygen atoms in total. The number of rotatable bonds is 10.